The fourth-order valence-corrected chi connectivity index (χ4v) is 1.41. The Morgan fingerprint density at radius 1 is 1.62 bits per heavy atom. The summed E-state index contributed by atoms with van der Waals surface area (Å²) in [5, 5.41) is 9.11. The third-order valence-electron chi connectivity index (χ3n) is 1.94. The summed E-state index contributed by atoms with van der Waals surface area (Å²) in [5.74, 6) is 0. The Kier molecular flexibility index (Phi) is 2.78. The predicted molar refractivity (Wildman–Crippen MR) is 51.8 cm³/mol. The average Bonchev–Trinajstić information content (AvgIpc) is 2.47. The number of amides is 1. The van der Waals surface area contributed by atoms with Gasteiger partial charge >= 0.3 is 6.09 Å². The summed E-state index contributed by atoms with van der Waals surface area (Å²) in [5.41, 5.74) is 1.60. The van der Waals surface area contributed by atoms with Crippen molar-refractivity contribution in [3.63, 3.8) is 0 Å². The maximum atomic E-state index is 10.6. The SMILES string of the molecule is C=CC1=C(C(=C)Cl)CN(C(=O)O)C1. The molecule has 0 fully saturated rings. The second-order valence-corrected chi connectivity index (χ2v) is 3.21. The predicted octanol–water partition coefficient (Wildman–Crippen LogP) is 2.22. The molecule has 3 nitrogen and oxygen atoms in total. The summed E-state index contributed by atoms with van der Waals surface area (Å²) >= 11 is 5.71. The lowest BCUT2D eigenvalue weighted by atomic mass is 10.1. The van der Waals surface area contributed by atoms with Gasteiger partial charge in [0, 0.05) is 11.6 Å². The number of carbonyl (C=O) groups is 1. The Balaban J connectivity index is 2.86. The van der Waals surface area contributed by atoms with E-state index in [9.17, 15) is 4.79 Å². The van der Waals surface area contributed by atoms with Gasteiger partial charge in [-0.2, -0.15) is 0 Å². The molecule has 0 aromatic carbocycles. The van der Waals surface area contributed by atoms with Crippen molar-refractivity contribution in [1.82, 2.24) is 4.90 Å². The summed E-state index contributed by atoms with van der Waals surface area (Å²) < 4.78 is 0. The van der Waals surface area contributed by atoms with E-state index in [1.165, 1.54) is 4.90 Å². The molecule has 4 heteroatoms. The smallest absolute Gasteiger partial charge is 0.407 e. The second-order valence-electron chi connectivity index (χ2n) is 2.75. The molecule has 0 radical (unpaired) electrons. The normalized spacial score (nSPS) is 16.2. The van der Waals surface area contributed by atoms with E-state index in [1.807, 2.05) is 0 Å². The van der Waals surface area contributed by atoms with Crippen LogP contribution in [0.3, 0.4) is 0 Å². The largest absolute Gasteiger partial charge is 0.465 e. The molecule has 1 aliphatic rings. The second kappa shape index (κ2) is 3.66. The molecule has 1 N–H and O–H groups in total. The van der Waals surface area contributed by atoms with E-state index < -0.39 is 6.09 Å². The molecule has 0 bridgehead atoms. The highest BCUT2D eigenvalue weighted by atomic mass is 35.5. The molecule has 13 heavy (non-hydrogen) atoms. The molecule has 0 saturated carbocycles. The molecule has 1 amide bonds. The van der Waals surface area contributed by atoms with Crippen molar-refractivity contribution in [3.8, 4) is 0 Å². The molecule has 0 spiro atoms. The summed E-state index contributed by atoms with van der Waals surface area (Å²) in [4.78, 5) is 11.9. The Morgan fingerprint density at radius 3 is 2.54 bits per heavy atom. The van der Waals surface area contributed by atoms with Crippen LogP contribution in [-0.4, -0.2) is 29.2 Å². The number of hydrogen-bond acceptors (Lipinski definition) is 1. The van der Waals surface area contributed by atoms with E-state index in [0.717, 1.165) is 11.1 Å². The Bertz CT molecular complexity index is 307. The fourth-order valence-electron chi connectivity index (χ4n) is 1.23. The van der Waals surface area contributed by atoms with E-state index in [-0.39, 0.29) is 0 Å². The minimum absolute atomic E-state index is 0.305. The molecule has 0 aromatic heterocycles. The Labute approximate surface area is 81.6 Å². The minimum Gasteiger partial charge on any atom is -0.465 e. The lowest BCUT2D eigenvalue weighted by Gasteiger charge is -2.10. The van der Waals surface area contributed by atoms with Crippen LogP contribution in [0, 0.1) is 0 Å². The molecule has 1 aliphatic heterocycles. The van der Waals surface area contributed by atoms with Crippen LogP contribution in [0.5, 0.6) is 0 Å². The molecule has 0 atom stereocenters. The van der Waals surface area contributed by atoms with Gasteiger partial charge in [-0.05, 0) is 11.1 Å². The molecule has 0 unspecified atom stereocenters. The number of carboxylic acid groups (broad SMARTS) is 1. The molecule has 70 valence electrons. The van der Waals surface area contributed by atoms with E-state index in [2.05, 4.69) is 13.2 Å². The van der Waals surface area contributed by atoms with Gasteiger partial charge in [0.05, 0.1) is 6.54 Å². The maximum Gasteiger partial charge on any atom is 0.407 e. The molecule has 1 heterocycles. The Hall–Kier alpha value is -1.22. The molecule has 1 rings (SSSR count). The van der Waals surface area contributed by atoms with E-state index in [1.54, 1.807) is 6.08 Å². The standard InChI is InChI=1S/C9H10ClNO2/c1-3-7-4-11(9(12)13)5-8(7)6(2)10/h3H,1-2,4-5H2,(H,12,13). The fraction of sp³-hybridized carbons (Fsp3) is 0.222. The summed E-state index contributed by atoms with van der Waals surface area (Å²) in [6.07, 6.45) is 0.665. The molecule has 0 aliphatic carbocycles. The monoisotopic (exact) mass is 199 g/mol. The molecular formula is C9H10ClNO2. The first-order valence-corrected chi connectivity index (χ1v) is 4.11. The quantitative estimate of drug-likeness (QED) is 0.741. The number of halogens is 1. The van der Waals surface area contributed by atoms with Gasteiger partial charge in [-0.15, -0.1) is 0 Å². The van der Waals surface area contributed by atoms with Crippen LogP contribution >= 0.6 is 11.6 Å². The first kappa shape index (κ1) is 9.86. The third-order valence-corrected chi connectivity index (χ3v) is 2.17. The minimum atomic E-state index is -0.952. The number of rotatable bonds is 2. The van der Waals surface area contributed by atoms with E-state index >= 15 is 0 Å². The number of hydrogen-bond donors (Lipinski definition) is 1. The van der Waals surface area contributed by atoms with Gasteiger partial charge in [-0.25, -0.2) is 4.79 Å². The topological polar surface area (TPSA) is 40.5 Å². The van der Waals surface area contributed by atoms with Crippen LogP contribution in [0.25, 0.3) is 0 Å². The first-order valence-electron chi connectivity index (χ1n) is 3.73. The average molecular weight is 200 g/mol. The molecule has 0 saturated heterocycles. The summed E-state index contributed by atoms with van der Waals surface area (Å²) in [6, 6.07) is 0. The lowest BCUT2D eigenvalue weighted by molar-refractivity contribution is 0.157. The van der Waals surface area contributed by atoms with Gasteiger partial charge in [0.1, 0.15) is 0 Å². The maximum absolute atomic E-state index is 10.6. The van der Waals surface area contributed by atoms with Crippen molar-refractivity contribution in [2.45, 2.75) is 0 Å². The van der Waals surface area contributed by atoms with Gasteiger partial charge in [-0.3, -0.25) is 4.90 Å². The van der Waals surface area contributed by atoms with Crippen molar-refractivity contribution in [2.75, 3.05) is 13.1 Å². The lowest BCUT2D eigenvalue weighted by Crippen LogP contribution is -2.27. The van der Waals surface area contributed by atoms with E-state index in [4.69, 9.17) is 16.7 Å². The van der Waals surface area contributed by atoms with Gasteiger partial charge in [0.15, 0.2) is 0 Å². The van der Waals surface area contributed by atoms with Crippen LogP contribution in [0.4, 0.5) is 4.79 Å². The van der Waals surface area contributed by atoms with Crippen molar-refractivity contribution >= 4 is 17.7 Å². The highest BCUT2D eigenvalue weighted by Gasteiger charge is 2.24. The zero-order valence-electron chi connectivity index (χ0n) is 7.09. The first-order chi connectivity index (χ1) is 6.06. The van der Waals surface area contributed by atoms with E-state index in [0.29, 0.717) is 18.1 Å². The summed E-state index contributed by atoms with van der Waals surface area (Å²) in [6.45, 7) is 7.81. The van der Waals surface area contributed by atoms with Crippen molar-refractivity contribution in [2.24, 2.45) is 0 Å². The van der Waals surface area contributed by atoms with Crippen molar-refractivity contribution < 1.29 is 9.90 Å². The Morgan fingerprint density at radius 2 is 2.23 bits per heavy atom. The highest BCUT2D eigenvalue weighted by molar-refractivity contribution is 6.31. The zero-order valence-corrected chi connectivity index (χ0v) is 7.84. The van der Waals surface area contributed by atoms with Crippen LogP contribution < -0.4 is 0 Å². The highest BCUT2D eigenvalue weighted by Crippen LogP contribution is 2.25. The molecular weight excluding hydrogens is 190 g/mol. The van der Waals surface area contributed by atoms with Gasteiger partial charge < -0.3 is 5.11 Å². The van der Waals surface area contributed by atoms with Crippen LogP contribution in [0.2, 0.25) is 0 Å². The van der Waals surface area contributed by atoms with Gasteiger partial charge in [-0.1, -0.05) is 30.8 Å². The van der Waals surface area contributed by atoms with Gasteiger partial charge in [0.2, 0.25) is 0 Å². The van der Waals surface area contributed by atoms with Crippen molar-refractivity contribution in [1.29, 1.82) is 0 Å². The molecule has 0 aromatic rings. The third kappa shape index (κ3) is 1.92. The van der Waals surface area contributed by atoms with Gasteiger partial charge in [0.25, 0.3) is 0 Å². The zero-order chi connectivity index (χ0) is 10.0. The van der Waals surface area contributed by atoms with Crippen LogP contribution in [0.1, 0.15) is 0 Å². The van der Waals surface area contributed by atoms with Crippen LogP contribution in [-0.2, 0) is 0 Å². The number of nitrogens with zero attached hydrogens (tertiary/aromatic N) is 1. The van der Waals surface area contributed by atoms with Crippen LogP contribution in [0.15, 0.2) is 35.4 Å². The van der Waals surface area contributed by atoms with Crippen molar-refractivity contribution in [3.05, 3.63) is 35.4 Å². The summed E-state index contributed by atoms with van der Waals surface area (Å²) in [7, 11) is 0.